The van der Waals surface area contributed by atoms with E-state index in [0.29, 0.717) is 0 Å². The summed E-state index contributed by atoms with van der Waals surface area (Å²) < 4.78 is 0. The highest BCUT2D eigenvalue weighted by Gasteiger charge is 2.24. The first kappa shape index (κ1) is 11.2. The third kappa shape index (κ3) is 3.10. The zero-order chi connectivity index (χ0) is 10.6. The molecular weight excluding hydrogens is 180 g/mol. The summed E-state index contributed by atoms with van der Waals surface area (Å²) in [5.41, 5.74) is -0.476. The van der Waals surface area contributed by atoms with Gasteiger partial charge in [-0.3, -0.25) is 0 Å². The highest BCUT2D eigenvalue weighted by Crippen LogP contribution is 2.23. The summed E-state index contributed by atoms with van der Waals surface area (Å²) in [5, 5.41) is 28.1. The Bertz CT molecular complexity index is 269. The maximum absolute atomic E-state index is 9.72. The zero-order valence-electron chi connectivity index (χ0n) is 8.22. The normalized spacial score (nSPS) is 17.4. The zero-order valence-corrected chi connectivity index (χ0v) is 8.22. The quantitative estimate of drug-likeness (QED) is 0.669. The molecule has 0 aliphatic rings. The van der Waals surface area contributed by atoms with E-state index in [4.69, 9.17) is 5.11 Å². The van der Waals surface area contributed by atoms with Gasteiger partial charge in [-0.15, -0.1) is 0 Å². The minimum absolute atomic E-state index is 0.132. The van der Waals surface area contributed by atoms with Crippen LogP contribution in [0.25, 0.3) is 0 Å². The topological polar surface area (TPSA) is 60.7 Å². The van der Waals surface area contributed by atoms with Gasteiger partial charge >= 0.3 is 0 Å². The minimum atomic E-state index is -1.23. The molecule has 0 fully saturated rings. The van der Waals surface area contributed by atoms with E-state index in [9.17, 15) is 10.2 Å². The third-order valence-corrected chi connectivity index (χ3v) is 2.16. The van der Waals surface area contributed by atoms with Crippen LogP contribution in [0.1, 0.15) is 25.0 Å². The van der Waals surface area contributed by atoms with Crippen LogP contribution in [-0.2, 0) is 0 Å². The number of aliphatic hydroxyl groups is 3. The molecule has 3 N–H and O–H groups in total. The maximum atomic E-state index is 9.72. The molecular formula is C11H16O3. The van der Waals surface area contributed by atoms with E-state index in [1.54, 1.807) is 12.1 Å². The Morgan fingerprint density at radius 3 is 2.36 bits per heavy atom. The van der Waals surface area contributed by atoms with Crippen LogP contribution in [0, 0.1) is 0 Å². The molecule has 1 aromatic carbocycles. The van der Waals surface area contributed by atoms with Gasteiger partial charge in [0.05, 0.1) is 18.3 Å². The predicted molar refractivity (Wildman–Crippen MR) is 53.7 cm³/mol. The Labute approximate surface area is 83.6 Å². The van der Waals surface area contributed by atoms with Crippen molar-refractivity contribution in [2.24, 2.45) is 0 Å². The van der Waals surface area contributed by atoms with Gasteiger partial charge in [-0.05, 0) is 12.5 Å². The van der Waals surface area contributed by atoms with Crippen LogP contribution in [-0.4, -0.2) is 27.5 Å². The summed E-state index contributed by atoms with van der Waals surface area (Å²) in [5.74, 6) is 0. The van der Waals surface area contributed by atoms with Gasteiger partial charge < -0.3 is 15.3 Å². The van der Waals surface area contributed by atoms with Crippen LogP contribution in [0.3, 0.4) is 0 Å². The van der Waals surface area contributed by atoms with Crippen LogP contribution >= 0.6 is 0 Å². The van der Waals surface area contributed by atoms with Crippen LogP contribution in [0.15, 0.2) is 30.3 Å². The van der Waals surface area contributed by atoms with Crippen LogP contribution in [0.2, 0.25) is 0 Å². The average molecular weight is 196 g/mol. The van der Waals surface area contributed by atoms with Crippen molar-refractivity contribution < 1.29 is 15.3 Å². The summed E-state index contributed by atoms with van der Waals surface area (Å²) in [7, 11) is 0. The highest BCUT2D eigenvalue weighted by molar-refractivity contribution is 5.17. The van der Waals surface area contributed by atoms with Gasteiger partial charge in [0.1, 0.15) is 0 Å². The van der Waals surface area contributed by atoms with Crippen molar-refractivity contribution in [1.82, 2.24) is 0 Å². The monoisotopic (exact) mass is 196 g/mol. The number of hydrogen-bond acceptors (Lipinski definition) is 3. The third-order valence-electron chi connectivity index (χ3n) is 2.16. The van der Waals surface area contributed by atoms with Crippen LogP contribution < -0.4 is 0 Å². The fourth-order valence-corrected chi connectivity index (χ4v) is 1.27. The standard InChI is InChI=1S/C11H16O3/c1-11(14,8-12)7-10(13)9-5-3-2-4-6-9/h2-6,10,12-14H,7-8H2,1H3. The van der Waals surface area contributed by atoms with Gasteiger partial charge in [0.15, 0.2) is 0 Å². The van der Waals surface area contributed by atoms with Crippen LogP contribution in [0.4, 0.5) is 0 Å². The molecule has 0 radical (unpaired) electrons. The first-order chi connectivity index (χ1) is 6.55. The van der Waals surface area contributed by atoms with Gasteiger partial charge in [-0.25, -0.2) is 0 Å². The molecule has 0 heterocycles. The maximum Gasteiger partial charge on any atom is 0.0877 e. The number of benzene rings is 1. The average Bonchev–Trinajstić information content (AvgIpc) is 2.19. The van der Waals surface area contributed by atoms with E-state index in [1.807, 2.05) is 18.2 Å². The molecule has 2 unspecified atom stereocenters. The molecule has 78 valence electrons. The van der Waals surface area contributed by atoms with Gasteiger partial charge in [0.25, 0.3) is 0 Å². The van der Waals surface area contributed by atoms with E-state index in [1.165, 1.54) is 6.92 Å². The van der Waals surface area contributed by atoms with Gasteiger partial charge in [-0.2, -0.15) is 0 Å². The second-order valence-corrected chi connectivity index (χ2v) is 3.79. The molecule has 2 atom stereocenters. The predicted octanol–water partition coefficient (Wildman–Crippen LogP) is 0.853. The summed E-state index contributed by atoms with van der Waals surface area (Å²) in [6.45, 7) is 1.15. The largest absolute Gasteiger partial charge is 0.393 e. The lowest BCUT2D eigenvalue weighted by Gasteiger charge is -2.23. The molecule has 0 amide bonds. The lowest BCUT2D eigenvalue weighted by molar-refractivity contribution is -0.0367. The van der Waals surface area contributed by atoms with Crippen molar-refractivity contribution in [2.75, 3.05) is 6.61 Å². The number of hydrogen-bond donors (Lipinski definition) is 3. The van der Waals surface area contributed by atoms with Gasteiger partial charge in [0, 0.05) is 6.42 Å². The molecule has 3 heteroatoms. The fraction of sp³-hybridized carbons (Fsp3) is 0.455. The lowest BCUT2D eigenvalue weighted by atomic mass is 9.95. The Morgan fingerprint density at radius 2 is 1.86 bits per heavy atom. The molecule has 0 saturated heterocycles. The molecule has 14 heavy (non-hydrogen) atoms. The molecule has 1 rings (SSSR count). The summed E-state index contributed by atoms with van der Waals surface area (Å²) in [6.07, 6.45) is -0.605. The van der Waals surface area contributed by atoms with Crippen molar-refractivity contribution in [1.29, 1.82) is 0 Å². The SMILES string of the molecule is CC(O)(CO)CC(O)c1ccccc1. The minimum Gasteiger partial charge on any atom is -0.393 e. The smallest absolute Gasteiger partial charge is 0.0877 e. The molecule has 0 aliphatic carbocycles. The number of aliphatic hydroxyl groups excluding tert-OH is 2. The van der Waals surface area contributed by atoms with E-state index in [-0.39, 0.29) is 13.0 Å². The second kappa shape index (κ2) is 4.55. The molecule has 1 aromatic rings. The van der Waals surface area contributed by atoms with Crippen molar-refractivity contribution in [3.8, 4) is 0 Å². The molecule has 0 saturated carbocycles. The Kier molecular flexibility index (Phi) is 3.63. The Balaban J connectivity index is 2.64. The van der Waals surface area contributed by atoms with Gasteiger partial charge in [-0.1, -0.05) is 30.3 Å². The first-order valence-electron chi connectivity index (χ1n) is 4.61. The summed E-state index contributed by atoms with van der Waals surface area (Å²) >= 11 is 0. The van der Waals surface area contributed by atoms with Crippen molar-refractivity contribution in [3.05, 3.63) is 35.9 Å². The summed E-state index contributed by atoms with van der Waals surface area (Å²) in [6, 6.07) is 9.09. The van der Waals surface area contributed by atoms with E-state index < -0.39 is 11.7 Å². The molecule has 0 bridgehead atoms. The molecule has 0 spiro atoms. The molecule has 3 nitrogen and oxygen atoms in total. The van der Waals surface area contributed by atoms with E-state index in [0.717, 1.165) is 5.56 Å². The first-order valence-corrected chi connectivity index (χ1v) is 4.61. The fourth-order valence-electron chi connectivity index (χ4n) is 1.27. The van der Waals surface area contributed by atoms with Crippen molar-refractivity contribution >= 4 is 0 Å². The molecule has 0 aromatic heterocycles. The van der Waals surface area contributed by atoms with Crippen molar-refractivity contribution in [3.63, 3.8) is 0 Å². The Morgan fingerprint density at radius 1 is 1.29 bits per heavy atom. The Hall–Kier alpha value is -0.900. The summed E-state index contributed by atoms with van der Waals surface area (Å²) in [4.78, 5) is 0. The molecule has 0 aliphatic heterocycles. The van der Waals surface area contributed by atoms with Crippen molar-refractivity contribution in [2.45, 2.75) is 25.0 Å². The lowest BCUT2D eigenvalue weighted by Crippen LogP contribution is -2.31. The highest BCUT2D eigenvalue weighted by atomic mass is 16.3. The second-order valence-electron chi connectivity index (χ2n) is 3.79. The van der Waals surface area contributed by atoms with E-state index >= 15 is 0 Å². The van der Waals surface area contributed by atoms with Crippen LogP contribution in [0.5, 0.6) is 0 Å². The van der Waals surface area contributed by atoms with E-state index in [2.05, 4.69) is 0 Å². The number of rotatable bonds is 4. The van der Waals surface area contributed by atoms with Gasteiger partial charge in [0.2, 0.25) is 0 Å².